The van der Waals surface area contributed by atoms with Gasteiger partial charge in [-0.1, -0.05) is 13.3 Å². The Hall–Kier alpha value is -1.27. The zero-order valence-corrected chi connectivity index (χ0v) is 13.5. The van der Waals surface area contributed by atoms with Crippen LogP contribution in [0.4, 0.5) is 11.4 Å². The first kappa shape index (κ1) is 16.1. The minimum atomic E-state index is -3.09. The van der Waals surface area contributed by atoms with Gasteiger partial charge in [-0.25, -0.2) is 12.7 Å². The van der Waals surface area contributed by atoms with Crippen LogP contribution in [0.5, 0.6) is 0 Å². The van der Waals surface area contributed by atoms with Gasteiger partial charge in [0.1, 0.15) is 0 Å². The van der Waals surface area contributed by atoms with E-state index in [2.05, 4.69) is 4.90 Å². The van der Waals surface area contributed by atoms with E-state index in [1.807, 2.05) is 31.2 Å². The monoisotopic (exact) mass is 311 g/mol. The van der Waals surface area contributed by atoms with Crippen molar-refractivity contribution in [2.24, 2.45) is 0 Å². The van der Waals surface area contributed by atoms with Crippen molar-refractivity contribution in [1.29, 1.82) is 0 Å². The molecular formula is C15H25N3O2S. The lowest BCUT2D eigenvalue weighted by Crippen LogP contribution is -2.36. The number of benzene rings is 1. The normalized spacial score (nSPS) is 17.7. The summed E-state index contributed by atoms with van der Waals surface area (Å²) in [7, 11) is -3.09. The number of unbranched alkanes of at least 4 members (excludes halogenated alkanes) is 1. The summed E-state index contributed by atoms with van der Waals surface area (Å²) in [4.78, 5) is 2.23. The lowest BCUT2D eigenvalue weighted by atomic mass is 10.2. The average molecular weight is 311 g/mol. The van der Waals surface area contributed by atoms with Gasteiger partial charge >= 0.3 is 0 Å². The van der Waals surface area contributed by atoms with Crippen molar-refractivity contribution >= 4 is 21.4 Å². The van der Waals surface area contributed by atoms with Gasteiger partial charge in [0, 0.05) is 37.6 Å². The number of hydrogen-bond acceptors (Lipinski definition) is 4. The SMILES string of the molecule is CCCCS(=O)(=O)N1CCCN(c2ccc(N)cc2)CC1. The molecular weight excluding hydrogens is 286 g/mol. The Bertz CT molecular complexity index is 543. The van der Waals surface area contributed by atoms with Gasteiger partial charge in [-0.05, 0) is 37.1 Å². The molecule has 0 bridgehead atoms. The maximum atomic E-state index is 12.3. The van der Waals surface area contributed by atoms with Crippen molar-refractivity contribution in [3.05, 3.63) is 24.3 Å². The molecule has 0 spiro atoms. The van der Waals surface area contributed by atoms with Crippen LogP contribution < -0.4 is 10.6 Å². The lowest BCUT2D eigenvalue weighted by molar-refractivity contribution is 0.432. The van der Waals surface area contributed by atoms with Crippen LogP contribution in [0, 0.1) is 0 Å². The summed E-state index contributed by atoms with van der Waals surface area (Å²) in [6.45, 7) is 4.81. The Kier molecular flexibility index (Phi) is 5.47. The van der Waals surface area contributed by atoms with Gasteiger partial charge in [-0.15, -0.1) is 0 Å². The van der Waals surface area contributed by atoms with Crippen LogP contribution in [0.3, 0.4) is 0 Å². The standard InChI is InChI=1S/C15H25N3O2S/c1-2-3-13-21(19,20)18-10-4-9-17(11-12-18)15-7-5-14(16)6-8-15/h5-8H,2-4,9-13,16H2,1H3. The highest BCUT2D eigenvalue weighted by atomic mass is 32.2. The van der Waals surface area contributed by atoms with Crippen LogP contribution in [0.15, 0.2) is 24.3 Å². The van der Waals surface area contributed by atoms with E-state index in [0.29, 0.717) is 13.1 Å². The molecule has 0 saturated carbocycles. The molecule has 2 N–H and O–H groups in total. The van der Waals surface area contributed by atoms with Gasteiger partial charge < -0.3 is 10.6 Å². The van der Waals surface area contributed by atoms with Crippen LogP contribution in [-0.4, -0.2) is 44.7 Å². The summed E-state index contributed by atoms with van der Waals surface area (Å²) in [6.07, 6.45) is 2.50. The van der Waals surface area contributed by atoms with Crippen LogP contribution >= 0.6 is 0 Å². The number of anilines is 2. The van der Waals surface area contributed by atoms with E-state index in [1.165, 1.54) is 0 Å². The second-order valence-electron chi connectivity index (χ2n) is 5.50. The van der Waals surface area contributed by atoms with Gasteiger partial charge in [0.05, 0.1) is 5.75 Å². The zero-order chi connectivity index (χ0) is 15.3. The second kappa shape index (κ2) is 7.13. The van der Waals surface area contributed by atoms with E-state index >= 15 is 0 Å². The number of nitrogens with zero attached hydrogens (tertiary/aromatic N) is 2. The molecule has 1 aliphatic rings. The molecule has 1 aromatic rings. The summed E-state index contributed by atoms with van der Waals surface area (Å²) in [6, 6.07) is 7.76. The Morgan fingerprint density at radius 1 is 1.10 bits per heavy atom. The topological polar surface area (TPSA) is 66.6 Å². The molecule has 5 nitrogen and oxygen atoms in total. The smallest absolute Gasteiger partial charge is 0.214 e. The van der Waals surface area contributed by atoms with E-state index in [9.17, 15) is 8.42 Å². The number of rotatable bonds is 5. The Morgan fingerprint density at radius 3 is 2.48 bits per heavy atom. The highest BCUT2D eigenvalue weighted by molar-refractivity contribution is 7.89. The van der Waals surface area contributed by atoms with E-state index in [1.54, 1.807) is 4.31 Å². The molecule has 0 radical (unpaired) electrons. The minimum absolute atomic E-state index is 0.269. The maximum absolute atomic E-state index is 12.3. The molecule has 0 aromatic heterocycles. The molecule has 1 heterocycles. The summed E-state index contributed by atoms with van der Waals surface area (Å²) in [5.74, 6) is 0.269. The molecule has 0 unspecified atom stereocenters. The first-order valence-electron chi connectivity index (χ1n) is 7.61. The summed E-state index contributed by atoms with van der Waals surface area (Å²) < 4.78 is 26.2. The molecule has 0 atom stereocenters. The van der Waals surface area contributed by atoms with Crippen molar-refractivity contribution < 1.29 is 8.42 Å². The predicted molar refractivity (Wildman–Crippen MR) is 88.0 cm³/mol. The van der Waals surface area contributed by atoms with Crippen molar-refractivity contribution in [2.75, 3.05) is 42.6 Å². The minimum Gasteiger partial charge on any atom is -0.399 e. The van der Waals surface area contributed by atoms with Crippen LogP contribution in [0.25, 0.3) is 0 Å². The lowest BCUT2D eigenvalue weighted by Gasteiger charge is -2.23. The summed E-state index contributed by atoms with van der Waals surface area (Å²) >= 11 is 0. The van der Waals surface area contributed by atoms with Gasteiger partial charge in [-0.2, -0.15) is 0 Å². The third-order valence-electron chi connectivity index (χ3n) is 3.86. The molecule has 1 saturated heterocycles. The average Bonchev–Trinajstić information content (AvgIpc) is 2.72. The fourth-order valence-electron chi connectivity index (χ4n) is 2.57. The molecule has 1 aromatic carbocycles. The van der Waals surface area contributed by atoms with Gasteiger partial charge in [-0.3, -0.25) is 0 Å². The Balaban J connectivity index is 2.00. The number of hydrogen-bond donors (Lipinski definition) is 1. The molecule has 6 heteroatoms. The number of nitrogens with two attached hydrogens (primary N) is 1. The van der Waals surface area contributed by atoms with E-state index in [4.69, 9.17) is 5.73 Å². The molecule has 0 aliphatic carbocycles. The second-order valence-corrected chi connectivity index (χ2v) is 7.59. The Morgan fingerprint density at radius 2 is 1.81 bits per heavy atom. The van der Waals surface area contributed by atoms with Gasteiger partial charge in [0.2, 0.25) is 10.0 Å². The van der Waals surface area contributed by atoms with Gasteiger partial charge in [0.25, 0.3) is 0 Å². The third-order valence-corrected chi connectivity index (χ3v) is 5.82. The maximum Gasteiger partial charge on any atom is 0.214 e. The van der Waals surface area contributed by atoms with Crippen LogP contribution in [0.1, 0.15) is 26.2 Å². The molecule has 1 aliphatic heterocycles. The fraction of sp³-hybridized carbons (Fsp3) is 0.600. The summed E-state index contributed by atoms with van der Waals surface area (Å²) in [5, 5.41) is 0. The van der Waals surface area contributed by atoms with Crippen molar-refractivity contribution in [3.63, 3.8) is 0 Å². The van der Waals surface area contributed by atoms with Crippen molar-refractivity contribution in [1.82, 2.24) is 4.31 Å². The first-order valence-corrected chi connectivity index (χ1v) is 9.22. The van der Waals surface area contributed by atoms with Crippen molar-refractivity contribution in [3.8, 4) is 0 Å². The molecule has 2 rings (SSSR count). The largest absolute Gasteiger partial charge is 0.399 e. The number of sulfonamides is 1. The fourth-order valence-corrected chi connectivity index (χ4v) is 4.25. The predicted octanol–water partition coefficient (Wildman–Crippen LogP) is 1.91. The molecule has 118 valence electrons. The van der Waals surface area contributed by atoms with E-state index in [0.717, 1.165) is 43.7 Å². The zero-order valence-electron chi connectivity index (χ0n) is 12.7. The quantitative estimate of drug-likeness (QED) is 0.844. The van der Waals surface area contributed by atoms with E-state index < -0.39 is 10.0 Å². The Labute approximate surface area is 127 Å². The highest BCUT2D eigenvalue weighted by Gasteiger charge is 2.24. The van der Waals surface area contributed by atoms with Gasteiger partial charge in [0.15, 0.2) is 0 Å². The highest BCUT2D eigenvalue weighted by Crippen LogP contribution is 2.19. The van der Waals surface area contributed by atoms with Crippen LogP contribution in [-0.2, 0) is 10.0 Å². The molecule has 1 fully saturated rings. The van der Waals surface area contributed by atoms with Crippen LogP contribution in [0.2, 0.25) is 0 Å². The van der Waals surface area contributed by atoms with Crippen molar-refractivity contribution in [2.45, 2.75) is 26.2 Å². The third kappa shape index (κ3) is 4.35. The summed E-state index contributed by atoms with van der Waals surface area (Å²) in [5.41, 5.74) is 7.56. The molecule has 0 amide bonds. The van der Waals surface area contributed by atoms with E-state index in [-0.39, 0.29) is 5.75 Å². The number of nitrogen functional groups attached to an aromatic ring is 1. The first-order chi connectivity index (χ1) is 10.0. The molecule has 21 heavy (non-hydrogen) atoms.